The number of hydrogen-bond acceptors (Lipinski definition) is 4. The Labute approximate surface area is 104 Å². The largest absolute Gasteiger partial charge is 0.479 e. The molecule has 1 aliphatic heterocycles. The number of para-hydroxylation sites is 2. The molecule has 96 valence electrons. The van der Waals surface area contributed by atoms with E-state index < -0.39 is 12.2 Å². The van der Waals surface area contributed by atoms with Crippen molar-refractivity contribution in [3.63, 3.8) is 0 Å². The molecule has 0 bridgehead atoms. The number of ether oxygens (including phenoxy) is 2. The summed E-state index contributed by atoms with van der Waals surface area (Å²) in [5.41, 5.74) is 0. The fourth-order valence-electron chi connectivity index (χ4n) is 1.80. The van der Waals surface area contributed by atoms with Crippen LogP contribution in [0.5, 0.6) is 11.5 Å². The van der Waals surface area contributed by atoms with Crippen molar-refractivity contribution in [1.29, 1.82) is 0 Å². The zero-order valence-corrected chi connectivity index (χ0v) is 9.91. The average molecular weight is 252 g/mol. The van der Waals surface area contributed by atoms with E-state index in [2.05, 4.69) is 0 Å². The van der Waals surface area contributed by atoms with E-state index >= 15 is 0 Å². The molecule has 1 heterocycles. The molecule has 0 saturated carbocycles. The molecule has 1 N–H and O–H groups in total. The number of likely N-dealkylation sites (N-methyl/N-ethyl adjacent to an activating group) is 1. The highest BCUT2D eigenvalue weighted by atomic mass is 16.6. The third-order valence-electron chi connectivity index (χ3n) is 2.87. The number of benzene rings is 1. The van der Waals surface area contributed by atoms with Crippen molar-refractivity contribution >= 4 is 12.4 Å². The van der Waals surface area contributed by atoms with E-state index in [1.165, 1.54) is 7.05 Å². The second kappa shape index (κ2) is 4.66. The van der Waals surface area contributed by atoms with Crippen molar-refractivity contribution in [2.24, 2.45) is 0 Å². The van der Waals surface area contributed by atoms with Crippen LogP contribution in [0.1, 0.15) is 0 Å². The third-order valence-corrected chi connectivity index (χ3v) is 2.87. The zero-order valence-electron chi connectivity index (χ0n) is 9.91. The quantitative estimate of drug-likeness (QED) is 0.623. The predicted octanol–water partition coefficient (Wildman–Crippen LogP) is 0.472. The van der Waals surface area contributed by atoms with Gasteiger partial charge in [-0.25, -0.2) is 14.1 Å². The van der Waals surface area contributed by atoms with Gasteiger partial charge in [0.05, 0.1) is 7.05 Å². The monoisotopic (exact) mass is 252 g/mol. The molecule has 6 heteroatoms. The van der Waals surface area contributed by atoms with Gasteiger partial charge in [0, 0.05) is 0 Å². The predicted molar refractivity (Wildman–Crippen MR) is 61.1 cm³/mol. The maximum Gasteiger partial charge on any atom is 0.359 e. The van der Waals surface area contributed by atoms with Gasteiger partial charge in [-0.3, -0.25) is 0 Å². The summed E-state index contributed by atoms with van der Waals surface area (Å²) in [6.07, 6.45) is -0.0932. The molecule has 0 fully saturated rings. The number of fused-ring (bicyclic) bond motifs is 1. The van der Waals surface area contributed by atoms with Crippen LogP contribution in [0, 0.1) is 0 Å². The van der Waals surface area contributed by atoms with Crippen LogP contribution < -0.4 is 9.47 Å². The van der Waals surface area contributed by atoms with Gasteiger partial charge in [0.25, 0.3) is 6.23 Å². The lowest BCUT2D eigenvalue weighted by molar-refractivity contribution is -0.866. The number of nitrogens with zero attached hydrogens (tertiary/aromatic N) is 1. The van der Waals surface area contributed by atoms with Gasteiger partial charge in [0.15, 0.2) is 24.7 Å². The van der Waals surface area contributed by atoms with Gasteiger partial charge in [0.1, 0.15) is 0 Å². The van der Waals surface area contributed by atoms with Crippen LogP contribution >= 0.6 is 0 Å². The SMILES string of the molecule is C[N+](C=O)(CC(=O)O)C1COc2ccccc2O1. The van der Waals surface area contributed by atoms with Crippen LogP contribution in [-0.2, 0) is 9.59 Å². The molecule has 1 aromatic carbocycles. The highest BCUT2D eigenvalue weighted by Gasteiger charge is 2.40. The molecule has 0 radical (unpaired) electrons. The van der Waals surface area contributed by atoms with E-state index in [1.807, 2.05) is 6.07 Å². The lowest BCUT2D eigenvalue weighted by Gasteiger charge is -2.36. The van der Waals surface area contributed by atoms with Crippen molar-refractivity contribution < 1.29 is 28.7 Å². The number of hydrogen-bond donors (Lipinski definition) is 1. The Hall–Kier alpha value is -2.08. The summed E-state index contributed by atoms with van der Waals surface area (Å²) in [7, 11) is 1.50. The van der Waals surface area contributed by atoms with Crippen LogP contribution in [0.2, 0.25) is 0 Å². The minimum atomic E-state index is -1.06. The highest BCUT2D eigenvalue weighted by Crippen LogP contribution is 2.32. The molecule has 6 nitrogen and oxygen atoms in total. The van der Waals surface area contributed by atoms with Crippen LogP contribution in [-0.4, -0.2) is 48.4 Å². The molecule has 1 amide bonds. The Balaban J connectivity index is 2.21. The minimum absolute atomic E-state index is 0.138. The number of quaternary nitrogens is 1. The van der Waals surface area contributed by atoms with E-state index in [9.17, 15) is 9.59 Å². The van der Waals surface area contributed by atoms with Crippen molar-refractivity contribution in [3.05, 3.63) is 24.3 Å². The number of aliphatic carboxylic acids is 1. The molecule has 0 spiro atoms. The first-order valence-corrected chi connectivity index (χ1v) is 5.47. The van der Waals surface area contributed by atoms with E-state index in [-0.39, 0.29) is 17.6 Å². The van der Waals surface area contributed by atoms with Crippen molar-refractivity contribution in [2.45, 2.75) is 6.23 Å². The first-order chi connectivity index (χ1) is 8.55. The van der Waals surface area contributed by atoms with E-state index in [4.69, 9.17) is 14.6 Å². The Kier molecular flexibility index (Phi) is 3.20. The summed E-state index contributed by atoms with van der Waals surface area (Å²) < 4.78 is 10.7. The van der Waals surface area contributed by atoms with Gasteiger partial charge in [-0.15, -0.1) is 0 Å². The molecule has 0 saturated heterocycles. The van der Waals surface area contributed by atoms with E-state index in [0.717, 1.165) is 0 Å². The Morgan fingerprint density at radius 1 is 1.50 bits per heavy atom. The van der Waals surface area contributed by atoms with Crippen molar-refractivity contribution in [2.75, 3.05) is 20.2 Å². The van der Waals surface area contributed by atoms with Crippen LogP contribution in [0.15, 0.2) is 24.3 Å². The number of carbonyl (C=O) groups is 2. The molecule has 1 aliphatic rings. The zero-order chi connectivity index (χ0) is 13.2. The van der Waals surface area contributed by atoms with Crippen LogP contribution in [0.3, 0.4) is 0 Å². The fourth-order valence-corrected chi connectivity index (χ4v) is 1.80. The molecule has 1 aromatic rings. The molecule has 2 atom stereocenters. The number of carboxylic acids is 1. The first-order valence-electron chi connectivity index (χ1n) is 5.47. The average Bonchev–Trinajstić information content (AvgIpc) is 2.37. The molecule has 18 heavy (non-hydrogen) atoms. The summed E-state index contributed by atoms with van der Waals surface area (Å²) >= 11 is 0. The summed E-state index contributed by atoms with van der Waals surface area (Å²) in [5.74, 6) is 0.0546. The topological polar surface area (TPSA) is 72.8 Å². The van der Waals surface area contributed by atoms with Gasteiger partial charge in [-0.2, -0.15) is 0 Å². The highest BCUT2D eigenvalue weighted by molar-refractivity contribution is 5.69. The third kappa shape index (κ3) is 2.28. The summed E-state index contributed by atoms with van der Waals surface area (Å²) in [6, 6.07) is 7.08. The van der Waals surface area contributed by atoms with Crippen molar-refractivity contribution in [1.82, 2.24) is 0 Å². The lowest BCUT2D eigenvalue weighted by atomic mass is 10.3. The summed E-state index contributed by atoms with van der Waals surface area (Å²) in [6.45, 7) is -0.209. The number of carboxylic acid groups (broad SMARTS) is 1. The second-order valence-corrected chi connectivity index (χ2v) is 4.33. The fraction of sp³-hybridized carbons (Fsp3) is 0.333. The van der Waals surface area contributed by atoms with Gasteiger partial charge >= 0.3 is 12.4 Å². The Morgan fingerprint density at radius 2 is 2.17 bits per heavy atom. The Morgan fingerprint density at radius 3 is 2.78 bits per heavy atom. The molecule has 0 aromatic heterocycles. The van der Waals surface area contributed by atoms with Gasteiger partial charge in [-0.05, 0) is 12.1 Å². The van der Waals surface area contributed by atoms with Crippen LogP contribution in [0.25, 0.3) is 0 Å². The smallest absolute Gasteiger partial charge is 0.359 e. The van der Waals surface area contributed by atoms with Gasteiger partial charge in [-0.1, -0.05) is 12.1 Å². The summed E-state index contributed by atoms with van der Waals surface area (Å²) in [5, 5.41) is 8.84. The number of carbonyl (C=O) groups excluding carboxylic acids is 1. The maximum absolute atomic E-state index is 11.1. The number of rotatable bonds is 4. The second-order valence-electron chi connectivity index (χ2n) is 4.33. The molecule has 0 aliphatic carbocycles. The van der Waals surface area contributed by atoms with E-state index in [0.29, 0.717) is 17.9 Å². The summed E-state index contributed by atoms with van der Waals surface area (Å²) in [4.78, 5) is 21.9. The van der Waals surface area contributed by atoms with E-state index in [1.54, 1.807) is 18.2 Å². The lowest BCUT2D eigenvalue weighted by Crippen LogP contribution is -2.59. The van der Waals surface area contributed by atoms with Gasteiger partial charge < -0.3 is 14.6 Å². The maximum atomic E-state index is 11.1. The van der Waals surface area contributed by atoms with Crippen LogP contribution in [0.4, 0.5) is 0 Å². The number of amides is 1. The Bertz CT molecular complexity index is 475. The molecular weight excluding hydrogens is 238 g/mol. The molecule has 2 unspecified atom stereocenters. The van der Waals surface area contributed by atoms with Gasteiger partial charge in [0.2, 0.25) is 0 Å². The first kappa shape index (κ1) is 12.4. The molecular formula is C12H14NO5+. The van der Waals surface area contributed by atoms with Crippen molar-refractivity contribution in [3.8, 4) is 11.5 Å². The molecule has 2 rings (SSSR count). The normalized spacial score (nSPS) is 20.8. The standard InChI is InChI=1S/C12H13NO5/c1-13(8-14,6-12(15)16)11-7-17-9-4-2-3-5-10(9)18-11/h2-5,8,11H,6-7H2,1H3/p+1. The minimum Gasteiger partial charge on any atom is -0.479 e.